The predicted molar refractivity (Wildman–Crippen MR) is 134 cm³/mol. The number of anilines is 1. The lowest BCUT2D eigenvalue weighted by Gasteiger charge is -2.10. The number of nitrogens with one attached hydrogen (secondary N) is 1. The second-order valence-corrected chi connectivity index (χ2v) is 8.63. The van der Waals surface area contributed by atoms with Gasteiger partial charge in [0.15, 0.2) is 22.9 Å². The zero-order chi connectivity index (χ0) is 23.7. The van der Waals surface area contributed by atoms with E-state index in [-0.39, 0.29) is 0 Å². The second-order valence-electron chi connectivity index (χ2n) is 8.63. The van der Waals surface area contributed by atoms with E-state index >= 15 is 0 Å². The van der Waals surface area contributed by atoms with Crippen molar-refractivity contribution in [3.05, 3.63) is 65.6 Å². The maximum absolute atomic E-state index is 6.08. The highest BCUT2D eigenvalue weighted by Crippen LogP contribution is 2.33. The SMILES string of the molecule is CCc1nc2c(C)cc(C)nc2n1Cc1cc(OC)c2oc(NCCCn3ccnc3)cc2c1. The molecule has 0 aliphatic heterocycles. The Balaban J connectivity index is 1.41. The van der Waals surface area contributed by atoms with Crippen LogP contribution in [0.15, 0.2) is 47.4 Å². The van der Waals surface area contributed by atoms with E-state index in [2.05, 4.69) is 45.4 Å². The van der Waals surface area contributed by atoms with E-state index < -0.39 is 0 Å². The maximum Gasteiger partial charge on any atom is 0.194 e. The summed E-state index contributed by atoms with van der Waals surface area (Å²) < 4.78 is 16.0. The molecule has 1 N–H and O–H groups in total. The number of methoxy groups -OCH3 is 1. The first-order chi connectivity index (χ1) is 16.6. The molecule has 4 heterocycles. The molecule has 5 rings (SSSR count). The molecule has 34 heavy (non-hydrogen) atoms. The summed E-state index contributed by atoms with van der Waals surface area (Å²) in [6.07, 6.45) is 7.41. The molecule has 0 unspecified atom stereocenters. The molecule has 0 amide bonds. The zero-order valence-electron chi connectivity index (χ0n) is 20.1. The highest BCUT2D eigenvalue weighted by Gasteiger charge is 2.16. The quantitative estimate of drug-likeness (QED) is 0.309. The minimum atomic E-state index is 0.667. The van der Waals surface area contributed by atoms with Crippen molar-refractivity contribution in [3.8, 4) is 5.75 Å². The molecule has 1 aromatic carbocycles. The van der Waals surface area contributed by atoms with E-state index in [1.54, 1.807) is 13.3 Å². The Morgan fingerprint density at radius 3 is 2.76 bits per heavy atom. The average molecular weight is 459 g/mol. The molecule has 0 aliphatic rings. The van der Waals surface area contributed by atoms with Crippen molar-refractivity contribution in [1.29, 1.82) is 0 Å². The fourth-order valence-corrected chi connectivity index (χ4v) is 4.47. The van der Waals surface area contributed by atoms with Gasteiger partial charge in [-0.05, 0) is 49.6 Å². The van der Waals surface area contributed by atoms with Crippen LogP contribution in [0.2, 0.25) is 0 Å². The van der Waals surface area contributed by atoms with E-state index in [0.29, 0.717) is 6.54 Å². The van der Waals surface area contributed by atoms with Crippen LogP contribution in [0, 0.1) is 13.8 Å². The number of furan rings is 1. The zero-order valence-corrected chi connectivity index (χ0v) is 20.1. The second kappa shape index (κ2) is 9.21. The van der Waals surface area contributed by atoms with E-state index in [4.69, 9.17) is 19.1 Å². The van der Waals surface area contributed by atoms with Gasteiger partial charge in [0.2, 0.25) is 0 Å². The van der Waals surface area contributed by atoms with Crippen molar-refractivity contribution in [2.45, 2.75) is 46.7 Å². The van der Waals surface area contributed by atoms with Crippen molar-refractivity contribution in [2.75, 3.05) is 19.0 Å². The molecule has 5 aromatic rings. The van der Waals surface area contributed by atoms with Crippen molar-refractivity contribution in [3.63, 3.8) is 0 Å². The lowest BCUT2D eigenvalue weighted by atomic mass is 10.1. The van der Waals surface area contributed by atoms with Crippen LogP contribution in [0.3, 0.4) is 0 Å². The van der Waals surface area contributed by atoms with Gasteiger partial charge in [-0.1, -0.05) is 6.92 Å². The van der Waals surface area contributed by atoms with Crippen molar-refractivity contribution in [1.82, 2.24) is 24.1 Å². The number of hydrogen-bond acceptors (Lipinski definition) is 6. The van der Waals surface area contributed by atoms with Crippen LogP contribution >= 0.6 is 0 Å². The molecule has 8 nitrogen and oxygen atoms in total. The Kier molecular flexibility index (Phi) is 5.96. The summed E-state index contributed by atoms with van der Waals surface area (Å²) in [5.74, 6) is 2.50. The summed E-state index contributed by atoms with van der Waals surface area (Å²) in [4.78, 5) is 13.8. The highest BCUT2D eigenvalue weighted by atomic mass is 16.5. The smallest absolute Gasteiger partial charge is 0.194 e. The van der Waals surface area contributed by atoms with E-state index in [1.165, 1.54) is 0 Å². The number of fused-ring (bicyclic) bond motifs is 2. The minimum absolute atomic E-state index is 0.667. The number of benzene rings is 1. The molecule has 176 valence electrons. The van der Waals surface area contributed by atoms with Crippen LogP contribution < -0.4 is 10.1 Å². The van der Waals surface area contributed by atoms with E-state index in [1.807, 2.05) is 31.6 Å². The van der Waals surface area contributed by atoms with Crippen molar-refractivity contribution in [2.24, 2.45) is 0 Å². The lowest BCUT2D eigenvalue weighted by Crippen LogP contribution is -2.06. The fraction of sp³-hybridized carbons (Fsp3) is 0.346. The maximum atomic E-state index is 6.08. The first-order valence-corrected chi connectivity index (χ1v) is 11.7. The van der Waals surface area contributed by atoms with Gasteiger partial charge < -0.3 is 23.6 Å². The third kappa shape index (κ3) is 4.23. The Morgan fingerprint density at radius 1 is 1.12 bits per heavy atom. The Morgan fingerprint density at radius 2 is 2.00 bits per heavy atom. The standard InChI is InChI=1S/C26H30N6O2/c1-5-22-30-24-17(2)11-18(3)29-26(24)32(22)15-19-12-20-14-23(34-25(20)21(13-19)33-4)28-7-6-9-31-10-8-27-16-31/h8,10-14,16,28H,5-7,9,15H2,1-4H3. The number of hydrogen-bond donors (Lipinski definition) is 1. The van der Waals surface area contributed by atoms with Gasteiger partial charge in [0.1, 0.15) is 11.3 Å². The number of nitrogens with zero attached hydrogens (tertiary/aromatic N) is 5. The topological polar surface area (TPSA) is 82.9 Å². The Labute approximate surface area is 198 Å². The fourth-order valence-electron chi connectivity index (χ4n) is 4.47. The number of ether oxygens (including phenoxy) is 1. The summed E-state index contributed by atoms with van der Waals surface area (Å²) in [5.41, 5.74) is 5.93. The predicted octanol–water partition coefficient (Wildman–Crippen LogP) is 5.11. The van der Waals surface area contributed by atoms with Gasteiger partial charge in [-0.15, -0.1) is 0 Å². The van der Waals surface area contributed by atoms with Gasteiger partial charge in [-0.25, -0.2) is 15.0 Å². The average Bonchev–Trinajstić information content (AvgIpc) is 3.55. The molecule has 0 saturated carbocycles. The van der Waals surface area contributed by atoms with Gasteiger partial charge in [0, 0.05) is 49.1 Å². The molecule has 0 bridgehead atoms. The Bertz CT molecular complexity index is 1430. The molecule has 0 atom stereocenters. The van der Waals surface area contributed by atoms with Gasteiger partial charge in [-0.3, -0.25) is 0 Å². The third-order valence-corrected chi connectivity index (χ3v) is 6.07. The van der Waals surface area contributed by atoms with E-state index in [9.17, 15) is 0 Å². The van der Waals surface area contributed by atoms with Gasteiger partial charge in [0.05, 0.1) is 20.0 Å². The lowest BCUT2D eigenvalue weighted by molar-refractivity contribution is 0.410. The van der Waals surface area contributed by atoms with Crippen LogP contribution in [0.4, 0.5) is 5.88 Å². The number of rotatable bonds is 9. The monoisotopic (exact) mass is 458 g/mol. The molecular formula is C26H30N6O2. The molecular weight excluding hydrogens is 428 g/mol. The molecule has 8 heteroatoms. The summed E-state index contributed by atoms with van der Waals surface area (Å²) >= 11 is 0. The van der Waals surface area contributed by atoms with Crippen LogP contribution in [0.1, 0.15) is 36.0 Å². The minimum Gasteiger partial charge on any atom is -0.493 e. The summed E-state index contributed by atoms with van der Waals surface area (Å²) in [7, 11) is 1.68. The van der Waals surface area contributed by atoms with Gasteiger partial charge in [-0.2, -0.15) is 0 Å². The van der Waals surface area contributed by atoms with Gasteiger partial charge in [0.25, 0.3) is 0 Å². The number of pyridine rings is 1. The molecule has 0 aliphatic carbocycles. The first-order valence-electron chi connectivity index (χ1n) is 11.7. The number of aryl methyl sites for hydroxylation is 4. The first kappa shape index (κ1) is 22.0. The molecule has 0 saturated heterocycles. The normalized spacial score (nSPS) is 11.5. The summed E-state index contributed by atoms with van der Waals surface area (Å²) in [6, 6.07) is 8.33. The summed E-state index contributed by atoms with van der Waals surface area (Å²) in [5, 5.41) is 4.40. The van der Waals surface area contributed by atoms with Gasteiger partial charge >= 0.3 is 0 Å². The van der Waals surface area contributed by atoms with Crippen molar-refractivity contribution < 1.29 is 9.15 Å². The number of aromatic nitrogens is 5. The van der Waals surface area contributed by atoms with Crippen LogP contribution in [-0.2, 0) is 19.5 Å². The largest absolute Gasteiger partial charge is 0.493 e. The molecule has 0 radical (unpaired) electrons. The molecule has 0 fully saturated rings. The highest BCUT2D eigenvalue weighted by molar-refractivity contribution is 5.87. The molecule has 0 spiro atoms. The third-order valence-electron chi connectivity index (χ3n) is 6.07. The van der Waals surface area contributed by atoms with Crippen molar-refractivity contribution >= 4 is 28.0 Å². The Hall–Kier alpha value is -3.81. The molecule has 4 aromatic heterocycles. The van der Waals surface area contributed by atoms with Crippen LogP contribution in [0.25, 0.3) is 22.1 Å². The van der Waals surface area contributed by atoms with Crippen LogP contribution in [-0.4, -0.2) is 37.7 Å². The van der Waals surface area contributed by atoms with E-state index in [0.717, 1.165) is 82.3 Å². The number of imidazole rings is 2. The summed E-state index contributed by atoms with van der Waals surface area (Å²) in [6.45, 7) is 8.63. The van der Waals surface area contributed by atoms with Crippen LogP contribution in [0.5, 0.6) is 5.75 Å².